The van der Waals surface area contributed by atoms with Gasteiger partial charge in [0.25, 0.3) is 5.91 Å². The van der Waals surface area contributed by atoms with Crippen LogP contribution in [0.5, 0.6) is 0 Å². The summed E-state index contributed by atoms with van der Waals surface area (Å²) in [6.07, 6.45) is 1.91. The third-order valence-corrected chi connectivity index (χ3v) is 9.02. The molecule has 0 aromatic heterocycles. The minimum Gasteiger partial charge on any atom is -0.372 e. The number of nitrogens with zero attached hydrogens (tertiary/aromatic N) is 1. The summed E-state index contributed by atoms with van der Waals surface area (Å²) >= 11 is 0. The molecule has 0 spiro atoms. The predicted octanol–water partition coefficient (Wildman–Crippen LogP) is 3.77. The molecule has 7 nitrogen and oxygen atoms in total. The van der Waals surface area contributed by atoms with E-state index in [0.717, 1.165) is 24.8 Å². The Hall–Kier alpha value is -3.27. The molecule has 3 aromatic rings. The fourth-order valence-corrected chi connectivity index (χ4v) is 6.64. The van der Waals surface area contributed by atoms with Gasteiger partial charge < -0.3 is 15.3 Å². The Bertz CT molecular complexity index is 1350. The van der Waals surface area contributed by atoms with E-state index in [2.05, 4.69) is 10.0 Å². The lowest BCUT2D eigenvalue weighted by Crippen LogP contribution is -2.67. The molecule has 9 heteroatoms. The zero-order valence-electron chi connectivity index (χ0n) is 20.5. The maximum Gasteiger partial charge on any atom is 0.254 e. The number of nitrogens with one attached hydrogen (secondary N) is 2. The SMILES string of the molecule is CN(C(=O)c1ccc(F)cc1)[C@@H](Cc1ccccc1)C(O)Nc1ccc(S(=O)(=O)NC23CC(C2)C3)cc1. The normalized spacial score (nSPS) is 21.8. The molecule has 6 rings (SSSR count). The van der Waals surface area contributed by atoms with E-state index in [-0.39, 0.29) is 16.3 Å². The van der Waals surface area contributed by atoms with Crippen molar-refractivity contribution in [3.05, 3.63) is 95.8 Å². The first-order valence-corrected chi connectivity index (χ1v) is 13.8. The highest BCUT2D eigenvalue weighted by molar-refractivity contribution is 7.89. The molecule has 0 heterocycles. The standard InChI is InChI=1S/C28H30FN3O4S/c1-32(27(34)21-7-9-22(29)10-8-21)25(15-19-5-3-2-4-6-19)26(33)30-23-11-13-24(14-12-23)37(35,36)31-28-16-20(17-28)18-28/h2-14,20,25-26,30-31,33H,15-18H2,1H3/t20?,25-,26?,28?/m0/s1. The molecule has 1 amide bonds. The van der Waals surface area contributed by atoms with E-state index in [0.29, 0.717) is 23.6 Å². The quantitative estimate of drug-likeness (QED) is 0.352. The molecule has 3 N–H and O–H groups in total. The number of amides is 1. The van der Waals surface area contributed by atoms with Crippen molar-refractivity contribution in [2.45, 2.75) is 48.4 Å². The van der Waals surface area contributed by atoms with E-state index in [4.69, 9.17) is 0 Å². The van der Waals surface area contributed by atoms with Crippen molar-refractivity contribution in [3.63, 3.8) is 0 Å². The minimum atomic E-state index is -3.62. The van der Waals surface area contributed by atoms with E-state index < -0.39 is 28.1 Å². The predicted molar refractivity (Wildman–Crippen MR) is 139 cm³/mol. The van der Waals surface area contributed by atoms with E-state index in [1.165, 1.54) is 41.3 Å². The first-order valence-electron chi connectivity index (χ1n) is 12.3. The lowest BCUT2D eigenvalue weighted by Gasteiger charge is -2.61. The van der Waals surface area contributed by atoms with Gasteiger partial charge in [-0.3, -0.25) is 4.79 Å². The maximum atomic E-state index is 13.4. The van der Waals surface area contributed by atoms with Crippen LogP contribution in [0.3, 0.4) is 0 Å². The number of rotatable bonds is 10. The van der Waals surface area contributed by atoms with Crippen LogP contribution in [0.2, 0.25) is 0 Å². The highest BCUT2D eigenvalue weighted by Crippen LogP contribution is 2.57. The van der Waals surface area contributed by atoms with Gasteiger partial charge in [-0.1, -0.05) is 30.3 Å². The number of aliphatic hydroxyl groups is 1. The summed E-state index contributed by atoms with van der Waals surface area (Å²) in [5.74, 6) is -0.137. The number of hydrogen-bond acceptors (Lipinski definition) is 5. The van der Waals surface area contributed by atoms with Gasteiger partial charge in [-0.15, -0.1) is 0 Å². The summed E-state index contributed by atoms with van der Waals surface area (Å²) in [4.78, 5) is 14.7. The van der Waals surface area contributed by atoms with Gasteiger partial charge in [0.2, 0.25) is 10.0 Å². The van der Waals surface area contributed by atoms with Crippen LogP contribution in [0.25, 0.3) is 0 Å². The molecule has 3 aliphatic rings. The average Bonchev–Trinajstić information content (AvgIpc) is 2.85. The lowest BCUT2D eigenvalue weighted by molar-refractivity contribution is -0.0317. The van der Waals surface area contributed by atoms with Crippen molar-refractivity contribution in [2.24, 2.45) is 5.92 Å². The Balaban J connectivity index is 1.31. The summed E-state index contributed by atoms with van der Waals surface area (Å²) in [5, 5.41) is 14.2. The fourth-order valence-electron chi connectivity index (χ4n) is 5.21. The first-order chi connectivity index (χ1) is 17.6. The first kappa shape index (κ1) is 25.4. The smallest absolute Gasteiger partial charge is 0.254 e. The number of carbonyl (C=O) groups excluding carboxylic acids is 1. The van der Waals surface area contributed by atoms with Crippen molar-refractivity contribution in [2.75, 3.05) is 12.4 Å². The third kappa shape index (κ3) is 5.39. The van der Waals surface area contributed by atoms with E-state index in [1.54, 1.807) is 19.2 Å². The molecule has 1 unspecified atom stereocenters. The number of anilines is 1. The Labute approximate surface area is 216 Å². The molecule has 0 aliphatic heterocycles. The molecule has 0 radical (unpaired) electrons. The van der Waals surface area contributed by atoms with Gasteiger partial charge in [-0.25, -0.2) is 17.5 Å². The molecular formula is C28H30FN3O4S. The zero-order valence-corrected chi connectivity index (χ0v) is 21.3. The van der Waals surface area contributed by atoms with Gasteiger partial charge in [0, 0.05) is 23.8 Å². The zero-order chi connectivity index (χ0) is 26.2. The number of hydrogen-bond donors (Lipinski definition) is 3. The van der Waals surface area contributed by atoms with Crippen LogP contribution in [-0.2, 0) is 16.4 Å². The molecule has 3 aromatic carbocycles. The van der Waals surface area contributed by atoms with Crippen LogP contribution in [0.4, 0.5) is 10.1 Å². The lowest BCUT2D eigenvalue weighted by atomic mass is 9.50. The second kappa shape index (κ2) is 9.89. The van der Waals surface area contributed by atoms with Crippen molar-refractivity contribution in [3.8, 4) is 0 Å². The van der Waals surface area contributed by atoms with Crippen LogP contribution in [0.15, 0.2) is 83.8 Å². The van der Waals surface area contributed by atoms with Gasteiger partial charge in [0.05, 0.1) is 10.9 Å². The second-order valence-electron chi connectivity index (χ2n) is 10.2. The molecule has 3 fully saturated rings. The molecule has 2 atom stereocenters. The Kier molecular flexibility index (Phi) is 6.78. The third-order valence-electron chi connectivity index (χ3n) is 7.43. The minimum absolute atomic E-state index is 0.168. The topological polar surface area (TPSA) is 98.7 Å². The largest absolute Gasteiger partial charge is 0.372 e. The van der Waals surface area contributed by atoms with Crippen LogP contribution < -0.4 is 10.0 Å². The van der Waals surface area contributed by atoms with Crippen LogP contribution in [0.1, 0.15) is 35.2 Å². The molecule has 0 saturated heterocycles. The van der Waals surface area contributed by atoms with Crippen LogP contribution >= 0.6 is 0 Å². The Morgan fingerprint density at radius 1 is 1.03 bits per heavy atom. The number of benzene rings is 3. The Morgan fingerprint density at radius 3 is 2.22 bits per heavy atom. The van der Waals surface area contributed by atoms with Gasteiger partial charge in [0.15, 0.2) is 0 Å². The summed E-state index contributed by atoms with van der Waals surface area (Å²) in [7, 11) is -2.03. The van der Waals surface area contributed by atoms with Crippen LogP contribution in [-0.4, -0.2) is 49.2 Å². The second-order valence-corrected chi connectivity index (χ2v) is 11.8. The van der Waals surface area contributed by atoms with E-state index in [1.807, 2.05) is 30.3 Å². The molecule has 2 bridgehead atoms. The maximum absolute atomic E-state index is 13.4. The van der Waals surface area contributed by atoms with Gasteiger partial charge in [-0.2, -0.15) is 0 Å². The van der Waals surface area contributed by atoms with Gasteiger partial charge in [-0.05, 0) is 85.7 Å². The highest BCUT2D eigenvalue weighted by atomic mass is 32.2. The number of aliphatic hydroxyl groups excluding tert-OH is 1. The van der Waals surface area contributed by atoms with E-state index >= 15 is 0 Å². The molecule has 37 heavy (non-hydrogen) atoms. The Morgan fingerprint density at radius 2 is 1.65 bits per heavy atom. The molecular weight excluding hydrogens is 493 g/mol. The molecule has 3 saturated carbocycles. The van der Waals surface area contributed by atoms with Crippen molar-refractivity contribution in [1.82, 2.24) is 9.62 Å². The number of sulfonamides is 1. The van der Waals surface area contributed by atoms with Gasteiger partial charge in [0.1, 0.15) is 12.0 Å². The van der Waals surface area contributed by atoms with Gasteiger partial charge >= 0.3 is 0 Å². The fraction of sp³-hybridized carbons (Fsp3) is 0.321. The van der Waals surface area contributed by atoms with Crippen molar-refractivity contribution < 1.29 is 22.7 Å². The van der Waals surface area contributed by atoms with Crippen LogP contribution in [0, 0.1) is 11.7 Å². The number of likely N-dealkylation sites (N-methyl/N-ethyl adjacent to an activating group) is 1. The monoisotopic (exact) mass is 523 g/mol. The highest BCUT2D eigenvalue weighted by Gasteiger charge is 2.58. The summed E-state index contributed by atoms with van der Waals surface area (Å²) in [5.41, 5.74) is 1.48. The van der Waals surface area contributed by atoms with Crippen molar-refractivity contribution in [1.29, 1.82) is 0 Å². The summed E-state index contributed by atoms with van der Waals surface area (Å²) in [6, 6.07) is 20.3. The summed E-state index contributed by atoms with van der Waals surface area (Å²) < 4.78 is 41.8. The summed E-state index contributed by atoms with van der Waals surface area (Å²) in [6.45, 7) is 0. The molecule has 3 aliphatic carbocycles. The average molecular weight is 524 g/mol. The van der Waals surface area contributed by atoms with Crippen molar-refractivity contribution >= 4 is 21.6 Å². The number of carbonyl (C=O) groups is 1. The molecule has 194 valence electrons. The number of halogens is 1. The van der Waals surface area contributed by atoms with E-state index in [9.17, 15) is 22.7 Å².